The number of halogens is 1. The van der Waals surface area contributed by atoms with Crippen LogP contribution in [0.1, 0.15) is 11.6 Å². The fourth-order valence-electron chi connectivity index (χ4n) is 1.78. The average Bonchev–Trinajstić information content (AvgIpc) is 2.78. The van der Waals surface area contributed by atoms with E-state index in [1.807, 2.05) is 36.4 Å². The molecular weight excluding hydrogens is 226 g/mol. The highest BCUT2D eigenvalue weighted by Crippen LogP contribution is 2.27. The maximum Gasteiger partial charge on any atom is 0.410 e. The topological polar surface area (TPSA) is 29.5 Å². The van der Waals surface area contributed by atoms with Gasteiger partial charge >= 0.3 is 6.09 Å². The zero-order valence-corrected chi connectivity index (χ0v) is 9.65. The summed E-state index contributed by atoms with van der Waals surface area (Å²) in [5.41, 5.74) is 1.03. The Morgan fingerprint density at radius 2 is 2.12 bits per heavy atom. The van der Waals surface area contributed by atoms with Gasteiger partial charge in [0.2, 0.25) is 0 Å². The highest BCUT2D eigenvalue weighted by atomic mass is 35.5. The zero-order valence-electron chi connectivity index (χ0n) is 8.89. The van der Waals surface area contributed by atoms with Gasteiger partial charge in [0.25, 0.3) is 0 Å². The predicted molar refractivity (Wildman–Crippen MR) is 62.4 cm³/mol. The van der Waals surface area contributed by atoms with E-state index in [-0.39, 0.29) is 12.1 Å². The molecule has 1 unspecified atom stereocenters. The fourth-order valence-corrected chi connectivity index (χ4v) is 1.90. The maximum absolute atomic E-state index is 11.5. The summed E-state index contributed by atoms with van der Waals surface area (Å²) < 4.78 is 4.73. The Morgan fingerprint density at radius 3 is 2.75 bits per heavy atom. The molecule has 1 aromatic rings. The van der Waals surface area contributed by atoms with Gasteiger partial charge in [0.15, 0.2) is 0 Å². The third-order valence-electron chi connectivity index (χ3n) is 2.58. The van der Waals surface area contributed by atoms with Crippen LogP contribution in [0.3, 0.4) is 0 Å². The summed E-state index contributed by atoms with van der Waals surface area (Å²) >= 11 is 5.82. The monoisotopic (exact) mass is 237 g/mol. The van der Waals surface area contributed by atoms with Crippen molar-refractivity contribution in [1.82, 2.24) is 4.90 Å². The molecule has 0 saturated carbocycles. The van der Waals surface area contributed by atoms with E-state index in [9.17, 15) is 4.79 Å². The van der Waals surface area contributed by atoms with E-state index in [2.05, 4.69) is 0 Å². The fraction of sp³-hybridized carbons (Fsp3) is 0.250. The van der Waals surface area contributed by atoms with Gasteiger partial charge in [-0.15, -0.1) is 0 Å². The van der Waals surface area contributed by atoms with Crippen molar-refractivity contribution in [3.8, 4) is 0 Å². The molecule has 1 aliphatic rings. The molecule has 0 radical (unpaired) electrons. The molecule has 0 spiro atoms. The van der Waals surface area contributed by atoms with Gasteiger partial charge < -0.3 is 4.74 Å². The largest absolute Gasteiger partial charge is 0.453 e. The van der Waals surface area contributed by atoms with Crippen molar-refractivity contribution in [2.45, 2.75) is 6.04 Å². The molecule has 0 fully saturated rings. The molecular formula is C12H12ClNO2. The molecule has 4 heteroatoms. The SMILES string of the molecule is COC(=O)N1CC=CC1c1ccc(Cl)cc1. The van der Waals surface area contributed by atoms with Crippen molar-refractivity contribution in [1.29, 1.82) is 0 Å². The van der Waals surface area contributed by atoms with Crippen molar-refractivity contribution < 1.29 is 9.53 Å². The van der Waals surface area contributed by atoms with Crippen molar-refractivity contribution in [2.24, 2.45) is 0 Å². The van der Waals surface area contributed by atoms with Gasteiger partial charge in [-0.25, -0.2) is 4.79 Å². The minimum atomic E-state index is -0.315. The van der Waals surface area contributed by atoms with Crippen LogP contribution in [-0.2, 0) is 4.74 Å². The van der Waals surface area contributed by atoms with Crippen LogP contribution < -0.4 is 0 Å². The average molecular weight is 238 g/mol. The molecule has 0 saturated heterocycles. The lowest BCUT2D eigenvalue weighted by Crippen LogP contribution is -2.30. The number of methoxy groups -OCH3 is 1. The number of carbonyl (C=O) groups excluding carboxylic acids is 1. The Kier molecular flexibility index (Phi) is 3.15. The highest BCUT2D eigenvalue weighted by molar-refractivity contribution is 6.30. The zero-order chi connectivity index (χ0) is 11.5. The van der Waals surface area contributed by atoms with E-state index in [0.29, 0.717) is 11.6 Å². The van der Waals surface area contributed by atoms with Crippen molar-refractivity contribution >= 4 is 17.7 Å². The summed E-state index contributed by atoms with van der Waals surface area (Å²) in [6.07, 6.45) is 3.63. The molecule has 0 aromatic heterocycles. The molecule has 3 nitrogen and oxygen atoms in total. The van der Waals surface area contributed by atoms with E-state index in [4.69, 9.17) is 16.3 Å². The molecule has 0 bridgehead atoms. The van der Waals surface area contributed by atoms with Crippen LogP contribution >= 0.6 is 11.6 Å². The van der Waals surface area contributed by atoms with Crippen molar-refractivity contribution in [2.75, 3.05) is 13.7 Å². The summed E-state index contributed by atoms with van der Waals surface area (Å²) in [6, 6.07) is 7.42. The number of ether oxygens (including phenoxy) is 1. The molecule has 1 amide bonds. The van der Waals surface area contributed by atoms with Crippen LogP contribution in [0.25, 0.3) is 0 Å². The van der Waals surface area contributed by atoms with E-state index in [0.717, 1.165) is 5.56 Å². The summed E-state index contributed by atoms with van der Waals surface area (Å²) in [7, 11) is 1.39. The number of rotatable bonds is 1. The second kappa shape index (κ2) is 4.58. The Hall–Kier alpha value is -1.48. The van der Waals surface area contributed by atoms with Gasteiger partial charge in [-0.2, -0.15) is 0 Å². The second-order valence-corrected chi connectivity index (χ2v) is 3.98. The molecule has 1 atom stereocenters. The van der Waals surface area contributed by atoms with Crippen LogP contribution in [-0.4, -0.2) is 24.6 Å². The van der Waals surface area contributed by atoms with Gasteiger partial charge in [-0.3, -0.25) is 4.90 Å². The van der Waals surface area contributed by atoms with Gasteiger partial charge in [0.05, 0.1) is 13.2 Å². The molecule has 1 heterocycles. The molecule has 0 aliphatic carbocycles. The minimum absolute atomic E-state index is 0.0512. The lowest BCUT2D eigenvalue weighted by atomic mass is 10.1. The molecule has 16 heavy (non-hydrogen) atoms. The number of carbonyl (C=O) groups is 1. The number of amides is 1. The van der Waals surface area contributed by atoms with Crippen LogP contribution in [0.4, 0.5) is 4.79 Å². The molecule has 2 rings (SSSR count). The van der Waals surface area contributed by atoms with Gasteiger partial charge in [-0.1, -0.05) is 35.9 Å². The van der Waals surface area contributed by atoms with E-state index >= 15 is 0 Å². The maximum atomic E-state index is 11.5. The first-order valence-corrected chi connectivity index (χ1v) is 5.37. The number of hydrogen-bond acceptors (Lipinski definition) is 2. The molecule has 0 N–H and O–H groups in total. The van der Waals surface area contributed by atoms with Gasteiger partial charge in [0.1, 0.15) is 0 Å². The Balaban J connectivity index is 2.22. The third kappa shape index (κ3) is 2.04. The van der Waals surface area contributed by atoms with Crippen LogP contribution in [0.15, 0.2) is 36.4 Å². The first-order chi connectivity index (χ1) is 7.72. The summed E-state index contributed by atoms with van der Waals surface area (Å²) in [5.74, 6) is 0. The van der Waals surface area contributed by atoms with E-state index in [1.54, 1.807) is 4.90 Å². The molecule has 1 aliphatic heterocycles. The highest BCUT2D eigenvalue weighted by Gasteiger charge is 2.26. The summed E-state index contributed by atoms with van der Waals surface area (Å²) in [6.45, 7) is 0.583. The normalized spacial score (nSPS) is 18.9. The summed E-state index contributed by atoms with van der Waals surface area (Å²) in [5, 5.41) is 0.690. The van der Waals surface area contributed by atoms with Crippen molar-refractivity contribution in [3.63, 3.8) is 0 Å². The summed E-state index contributed by atoms with van der Waals surface area (Å²) in [4.78, 5) is 13.2. The Labute approximate surface area is 99.3 Å². The standard InChI is InChI=1S/C12H12ClNO2/c1-16-12(15)14-8-2-3-11(14)9-4-6-10(13)7-5-9/h2-7,11H,8H2,1H3. The number of benzene rings is 1. The lowest BCUT2D eigenvalue weighted by molar-refractivity contribution is 0.122. The van der Waals surface area contributed by atoms with E-state index in [1.165, 1.54) is 7.11 Å². The Morgan fingerprint density at radius 1 is 1.44 bits per heavy atom. The third-order valence-corrected chi connectivity index (χ3v) is 2.83. The first kappa shape index (κ1) is 11.0. The quantitative estimate of drug-likeness (QED) is 0.703. The van der Waals surface area contributed by atoms with E-state index < -0.39 is 0 Å². The number of nitrogens with zero attached hydrogens (tertiary/aromatic N) is 1. The van der Waals surface area contributed by atoms with Crippen molar-refractivity contribution in [3.05, 3.63) is 47.0 Å². The van der Waals surface area contributed by atoms with Crippen LogP contribution in [0, 0.1) is 0 Å². The van der Waals surface area contributed by atoms with Crippen LogP contribution in [0.5, 0.6) is 0 Å². The minimum Gasteiger partial charge on any atom is -0.453 e. The lowest BCUT2D eigenvalue weighted by Gasteiger charge is -2.23. The Bertz CT molecular complexity index is 414. The van der Waals surface area contributed by atoms with Crippen LogP contribution in [0.2, 0.25) is 5.02 Å². The number of hydrogen-bond donors (Lipinski definition) is 0. The molecule has 1 aromatic carbocycles. The second-order valence-electron chi connectivity index (χ2n) is 3.55. The smallest absolute Gasteiger partial charge is 0.410 e. The van der Waals surface area contributed by atoms with Gasteiger partial charge in [-0.05, 0) is 17.7 Å². The van der Waals surface area contributed by atoms with Gasteiger partial charge in [0, 0.05) is 11.6 Å². The molecule has 84 valence electrons. The first-order valence-electron chi connectivity index (χ1n) is 4.99. The predicted octanol–water partition coefficient (Wildman–Crippen LogP) is 3.02.